The third-order valence-electron chi connectivity index (χ3n) is 3.03. The van der Waals surface area contributed by atoms with E-state index in [1.807, 2.05) is 19.1 Å². The SMILES string of the molecule is Cc1ccnc(N2CCC[C@@H](NS(C)(=O)=O)C2)c1. The Hall–Kier alpha value is -1.14. The van der Waals surface area contributed by atoms with Crippen LogP contribution in [-0.2, 0) is 10.0 Å². The molecule has 1 fully saturated rings. The van der Waals surface area contributed by atoms with Crippen LogP contribution in [-0.4, -0.2) is 38.8 Å². The molecule has 0 amide bonds. The van der Waals surface area contributed by atoms with Crippen molar-refractivity contribution >= 4 is 15.8 Å². The molecule has 1 N–H and O–H groups in total. The predicted molar refractivity (Wildman–Crippen MR) is 72.2 cm³/mol. The molecular weight excluding hydrogens is 250 g/mol. The maximum atomic E-state index is 11.3. The van der Waals surface area contributed by atoms with Gasteiger partial charge < -0.3 is 4.90 Å². The minimum Gasteiger partial charge on any atom is -0.355 e. The highest BCUT2D eigenvalue weighted by molar-refractivity contribution is 7.88. The molecule has 0 radical (unpaired) electrons. The molecule has 0 spiro atoms. The maximum absolute atomic E-state index is 11.3. The molecule has 0 unspecified atom stereocenters. The molecule has 2 heterocycles. The lowest BCUT2D eigenvalue weighted by Gasteiger charge is -2.33. The number of aryl methyl sites for hydroxylation is 1. The van der Waals surface area contributed by atoms with Gasteiger partial charge in [0.25, 0.3) is 0 Å². The lowest BCUT2D eigenvalue weighted by atomic mass is 10.1. The molecule has 100 valence electrons. The van der Waals surface area contributed by atoms with Crippen LogP contribution in [0.15, 0.2) is 18.3 Å². The monoisotopic (exact) mass is 269 g/mol. The zero-order chi connectivity index (χ0) is 13.2. The average molecular weight is 269 g/mol. The van der Waals surface area contributed by atoms with Gasteiger partial charge in [-0.25, -0.2) is 18.1 Å². The van der Waals surface area contributed by atoms with E-state index in [9.17, 15) is 8.42 Å². The Labute approximate surface area is 108 Å². The van der Waals surface area contributed by atoms with Crippen LogP contribution in [0.4, 0.5) is 5.82 Å². The van der Waals surface area contributed by atoms with Crippen molar-refractivity contribution in [3.63, 3.8) is 0 Å². The van der Waals surface area contributed by atoms with Crippen LogP contribution in [0.25, 0.3) is 0 Å². The summed E-state index contributed by atoms with van der Waals surface area (Å²) in [5.41, 5.74) is 1.16. The number of piperidine rings is 1. The summed E-state index contributed by atoms with van der Waals surface area (Å²) in [4.78, 5) is 6.48. The van der Waals surface area contributed by atoms with Crippen LogP contribution in [0.1, 0.15) is 18.4 Å². The van der Waals surface area contributed by atoms with E-state index < -0.39 is 10.0 Å². The van der Waals surface area contributed by atoms with Crippen LogP contribution in [0.2, 0.25) is 0 Å². The van der Waals surface area contributed by atoms with E-state index in [1.165, 1.54) is 6.26 Å². The summed E-state index contributed by atoms with van der Waals surface area (Å²) in [5, 5.41) is 0. The first-order valence-corrected chi connectivity index (χ1v) is 7.98. The lowest BCUT2D eigenvalue weighted by Crippen LogP contribution is -2.47. The maximum Gasteiger partial charge on any atom is 0.209 e. The molecule has 0 aromatic carbocycles. The molecular formula is C12H19N3O2S. The van der Waals surface area contributed by atoms with Gasteiger partial charge in [-0.15, -0.1) is 0 Å². The Morgan fingerprint density at radius 3 is 2.94 bits per heavy atom. The highest BCUT2D eigenvalue weighted by Gasteiger charge is 2.23. The first-order valence-electron chi connectivity index (χ1n) is 6.09. The van der Waals surface area contributed by atoms with E-state index in [0.29, 0.717) is 6.54 Å². The Morgan fingerprint density at radius 1 is 1.50 bits per heavy atom. The van der Waals surface area contributed by atoms with Crippen molar-refractivity contribution in [2.24, 2.45) is 0 Å². The van der Waals surface area contributed by atoms with Gasteiger partial charge in [0.2, 0.25) is 10.0 Å². The number of nitrogens with one attached hydrogen (secondary N) is 1. The molecule has 5 nitrogen and oxygen atoms in total. The van der Waals surface area contributed by atoms with E-state index in [4.69, 9.17) is 0 Å². The summed E-state index contributed by atoms with van der Waals surface area (Å²) in [6.07, 6.45) is 4.85. The standard InChI is InChI=1S/C12H19N3O2S/c1-10-5-6-13-12(8-10)15-7-3-4-11(9-15)14-18(2,16)17/h5-6,8,11,14H,3-4,7,9H2,1-2H3/t11-/m1/s1. The second kappa shape index (κ2) is 5.24. The van der Waals surface area contributed by atoms with Crippen molar-refractivity contribution in [3.8, 4) is 0 Å². The Bertz CT molecular complexity index is 516. The number of rotatable bonds is 3. The lowest BCUT2D eigenvalue weighted by molar-refractivity contribution is 0.465. The van der Waals surface area contributed by atoms with Gasteiger partial charge >= 0.3 is 0 Å². The van der Waals surface area contributed by atoms with Crippen molar-refractivity contribution in [2.75, 3.05) is 24.2 Å². The van der Waals surface area contributed by atoms with Crippen molar-refractivity contribution in [2.45, 2.75) is 25.8 Å². The number of anilines is 1. The number of hydrogen-bond acceptors (Lipinski definition) is 4. The normalized spacial score (nSPS) is 21.0. The third-order valence-corrected chi connectivity index (χ3v) is 3.79. The number of hydrogen-bond donors (Lipinski definition) is 1. The Balaban J connectivity index is 2.07. The highest BCUT2D eigenvalue weighted by atomic mass is 32.2. The van der Waals surface area contributed by atoms with Gasteiger partial charge in [0.1, 0.15) is 5.82 Å². The summed E-state index contributed by atoms with van der Waals surface area (Å²) >= 11 is 0. The van der Waals surface area contributed by atoms with E-state index in [-0.39, 0.29) is 6.04 Å². The zero-order valence-electron chi connectivity index (χ0n) is 10.8. The van der Waals surface area contributed by atoms with E-state index in [0.717, 1.165) is 30.8 Å². The first-order chi connectivity index (χ1) is 8.44. The molecule has 1 aliphatic heterocycles. The fourth-order valence-corrected chi connectivity index (χ4v) is 3.08. The Kier molecular flexibility index (Phi) is 3.87. The molecule has 0 aliphatic carbocycles. The van der Waals surface area contributed by atoms with Gasteiger partial charge in [0.05, 0.1) is 6.26 Å². The molecule has 1 saturated heterocycles. The van der Waals surface area contributed by atoms with Gasteiger partial charge in [-0.3, -0.25) is 0 Å². The van der Waals surface area contributed by atoms with Crippen LogP contribution in [0.5, 0.6) is 0 Å². The molecule has 1 aromatic rings. The fourth-order valence-electron chi connectivity index (χ4n) is 2.28. The molecule has 1 aliphatic rings. The van der Waals surface area contributed by atoms with Gasteiger partial charge in [-0.1, -0.05) is 0 Å². The van der Waals surface area contributed by atoms with Crippen molar-refractivity contribution in [1.82, 2.24) is 9.71 Å². The molecule has 6 heteroatoms. The van der Waals surface area contributed by atoms with Crippen molar-refractivity contribution in [1.29, 1.82) is 0 Å². The summed E-state index contributed by atoms with van der Waals surface area (Å²) < 4.78 is 25.2. The summed E-state index contributed by atoms with van der Waals surface area (Å²) in [7, 11) is -3.13. The fraction of sp³-hybridized carbons (Fsp3) is 0.583. The second-order valence-corrected chi connectivity index (χ2v) is 6.65. The largest absolute Gasteiger partial charge is 0.355 e. The van der Waals surface area contributed by atoms with Crippen LogP contribution >= 0.6 is 0 Å². The predicted octanol–water partition coefficient (Wildman–Crippen LogP) is 0.908. The topological polar surface area (TPSA) is 62.3 Å². The summed E-state index contributed by atoms with van der Waals surface area (Å²) in [6, 6.07) is 3.97. The van der Waals surface area contributed by atoms with Crippen LogP contribution in [0, 0.1) is 6.92 Å². The molecule has 0 saturated carbocycles. The van der Waals surface area contributed by atoms with Gasteiger partial charge in [0, 0.05) is 25.3 Å². The molecule has 18 heavy (non-hydrogen) atoms. The number of pyridine rings is 1. The average Bonchev–Trinajstić information content (AvgIpc) is 2.27. The number of aromatic nitrogens is 1. The molecule has 0 bridgehead atoms. The first kappa shape index (κ1) is 13.3. The number of sulfonamides is 1. The minimum atomic E-state index is -3.13. The van der Waals surface area contributed by atoms with E-state index >= 15 is 0 Å². The number of nitrogens with zero attached hydrogens (tertiary/aromatic N) is 2. The van der Waals surface area contributed by atoms with Crippen molar-refractivity contribution in [3.05, 3.63) is 23.9 Å². The Morgan fingerprint density at radius 2 is 2.28 bits per heavy atom. The van der Waals surface area contributed by atoms with Crippen LogP contribution in [0.3, 0.4) is 0 Å². The minimum absolute atomic E-state index is 0.0175. The molecule has 1 atom stereocenters. The van der Waals surface area contributed by atoms with Gasteiger partial charge in [-0.05, 0) is 37.5 Å². The van der Waals surface area contributed by atoms with Gasteiger partial charge in [-0.2, -0.15) is 0 Å². The third kappa shape index (κ3) is 3.68. The van der Waals surface area contributed by atoms with Gasteiger partial charge in [0.15, 0.2) is 0 Å². The highest BCUT2D eigenvalue weighted by Crippen LogP contribution is 2.18. The zero-order valence-corrected chi connectivity index (χ0v) is 11.6. The molecule has 2 rings (SSSR count). The van der Waals surface area contributed by atoms with Crippen molar-refractivity contribution < 1.29 is 8.42 Å². The smallest absolute Gasteiger partial charge is 0.209 e. The summed E-state index contributed by atoms with van der Waals surface area (Å²) in [6.45, 7) is 3.64. The van der Waals surface area contributed by atoms with E-state index in [1.54, 1.807) is 6.20 Å². The quantitative estimate of drug-likeness (QED) is 0.886. The molecule has 1 aromatic heterocycles. The summed E-state index contributed by atoms with van der Waals surface area (Å²) in [5.74, 6) is 0.926. The van der Waals surface area contributed by atoms with E-state index in [2.05, 4.69) is 14.6 Å². The van der Waals surface area contributed by atoms with Crippen LogP contribution < -0.4 is 9.62 Å². The second-order valence-electron chi connectivity index (χ2n) is 4.87.